The summed E-state index contributed by atoms with van der Waals surface area (Å²) in [4.78, 5) is 4.76. The lowest BCUT2D eigenvalue weighted by molar-refractivity contribution is 0.196. The van der Waals surface area contributed by atoms with Gasteiger partial charge in [-0.3, -0.25) is 0 Å². The standard InChI is InChI=1S/C19H21N3O.ClH/c1-13-6-8-14(9-7-13)18-10-19(21-12-15(23)11-20)16-4-2-3-5-17(16)22-18;/h2-10,15,23H,11-12,20H2,1H3,(H,21,22);1H/t15-;/m0./s1. The SMILES string of the molecule is Cc1ccc(-c2cc(NC[C@@H](O)CN)c3ccccc3n2)cc1.Cl. The van der Waals surface area contributed by atoms with Crippen molar-refractivity contribution in [2.75, 3.05) is 18.4 Å². The predicted molar refractivity (Wildman–Crippen MR) is 103 cm³/mol. The zero-order valence-corrected chi connectivity index (χ0v) is 14.4. The third kappa shape index (κ3) is 4.03. The average Bonchev–Trinajstić information content (AvgIpc) is 2.59. The topological polar surface area (TPSA) is 71.2 Å². The van der Waals surface area contributed by atoms with Gasteiger partial charge in [0.2, 0.25) is 0 Å². The average molecular weight is 344 g/mol. The molecule has 0 amide bonds. The molecule has 4 nitrogen and oxygen atoms in total. The van der Waals surface area contributed by atoms with Crippen LogP contribution in [0.4, 0.5) is 5.69 Å². The minimum absolute atomic E-state index is 0. The predicted octanol–water partition coefficient (Wildman–Crippen LogP) is 3.36. The van der Waals surface area contributed by atoms with Gasteiger partial charge >= 0.3 is 0 Å². The molecule has 2 aromatic carbocycles. The second-order valence-corrected chi connectivity index (χ2v) is 5.71. The molecule has 0 fully saturated rings. The minimum Gasteiger partial charge on any atom is -0.390 e. The zero-order valence-electron chi connectivity index (χ0n) is 13.6. The van der Waals surface area contributed by atoms with Crippen LogP contribution < -0.4 is 11.1 Å². The molecule has 0 saturated carbocycles. The van der Waals surface area contributed by atoms with E-state index in [2.05, 4.69) is 36.5 Å². The molecule has 126 valence electrons. The first-order valence-corrected chi connectivity index (χ1v) is 7.76. The first kappa shape index (κ1) is 18.2. The van der Waals surface area contributed by atoms with Gasteiger partial charge in [0, 0.05) is 29.7 Å². The molecule has 1 aromatic heterocycles. The second kappa shape index (κ2) is 8.11. The summed E-state index contributed by atoms with van der Waals surface area (Å²) in [6.45, 7) is 2.72. The molecule has 0 aliphatic rings. The molecule has 0 unspecified atom stereocenters. The van der Waals surface area contributed by atoms with Crippen molar-refractivity contribution < 1.29 is 5.11 Å². The Morgan fingerprint density at radius 1 is 1.12 bits per heavy atom. The number of nitrogens with one attached hydrogen (secondary N) is 1. The molecule has 3 rings (SSSR count). The molecule has 3 aromatic rings. The van der Waals surface area contributed by atoms with Crippen molar-refractivity contribution in [3.05, 3.63) is 60.2 Å². The Morgan fingerprint density at radius 2 is 1.83 bits per heavy atom. The molecule has 24 heavy (non-hydrogen) atoms. The number of benzene rings is 2. The largest absolute Gasteiger partial charge is 0.390 e. The lowest BCUT2D eigenvalue weighted by Crippen LogP contribution is -2.27. The Morgan fingerprint density at radius 3 is 2.54 bits per heavy atom. The molecule has 1 atom stereocenters. The van der Waals surface area contributed by atoms with Gasteiger partial charge in [-0.1, -0.05) is 48.0 Å². The highest BCUT2D eigenvalue weighted by molar-refractivity contribution is 5.93. The van der Waals surface area contributed by atoms with E-state index in [0.717, 1.165) is 27.8 Å². The fourth-order valence-electron chi connectivity index (χ4n) is 2.50. The molecule has 4 N–H and O–H groups in total. The van der Waals surface area contributed by atoms with E-state index in [1.54, 1.807) is 0 Å². The number of aromatic nitrogens is 1. The number of nitrogens with two attached hydrogens (primary N) is 1. The van der Waals surface area contributed by atoms with Gasteiger partial charge in [0.25, 0.3) is 0 Å². The van der Waals surface area contributed by atoms with Crippen LogP contribution in [0.25, 0.3) is 22.2 Å². The Bertz CT molecular complexity index is 805. The van der Waals surface area contributed by atoms with E-state index in [-0.39, 0.29) is 19.0 Å². The van der Waals surface area contributed by atoms with E-state index in [4.69, 9.17) is 10.7 Å². The number of hydrogen-bond acceptors (Lipinski definition) is 4. The van der Waals surface area contributed by atoms with Crippen LogP contribution in [0.3, 0.4) is 0 Å². The maximum atomic E-state index is 9.71. The number of aliphatic hydroxyl groups excluding tert-OH is 1. The van der Waals surface area contributed by atoms with E-state index in [0.29, 0.717) is 6.54 Å². The Balaban J connectivity index is 0.00000208. The summed E-state index contributed by atoms with van der Waals surface area (Å²) in [5.74, 6) is 0. The van der Waals surface area contributed by atoms with E-state index in [9.17, 15) is 5.11 Å². The Kier molecular flexibility index (Phi) is 6.15. The van der Waals surface area contributed by atoms with Gasteiger partial charge < -0.3 is 16.2 Å². The van der Waals surface area contributed by atoms with Crippen LogP contribution in [-0.2, 0) is 0 Å². The quantitative estimate of drug-likeness (QED) is 0.664. The number of fused-ring (bicyclic) bond motifs is 1. The van der Waals surface area contributed by atoms with Crippen molar-refractivity contribution >= 4 is 29.0 Å². The lowest BCUT2D eigenvalue weighted by Gasteiger charge is -2.14. The number of aliphatic hydroxyl groups is 1. The van der Waals surface area contributed by atoms with Crippen LogP contribution in [0, 0.1) is 6.92 Å². The minimum atomic E-state index is -0.565. The number of halogens is 1. The molecule has 0 radical (unpaired) electrons. The maximum Gasteiger partial charge on any atom is 0.0834 e. The first-order chi connectivity index (χ1) is 11.2. The van der Waals surface area contributed by atoms with Crippen molar-refractivity contribution in [2.45, 2.75) is 13.0 Å². The van der Waals surface area contributed by atoms with Crippen molar-refractivity contribution in [3.63, 3.8) is 0 Å². The monoisotopic (exact) mass is 343 g/mol. The number of para-hydroxylation sites is 1. The Labute approximate surface area is 148 Å². The van der Waals surface area contributed by atoms with Crippen LogP contribution in [-0.4, -0.2) is 29.3 Å². The third-order valence-electron chi connectivity index (χ3n) is 3.86. The van der Waals surface area contributed by atoms with E-state index >= 15 is 0 Å². The van der Waals surface area contributed by atoms with Gasteiger partial charge in [0.15, 0.2) is 0 Å². The van der Waals surface area contributed by atoms with Crippen molar-refractivity contribution in [1.82, 2.24) is 4.98 Å². The van der Waals surface area contributed by atoms with Crippen molar-refractivity contribution in [3.8, 4) is 11.3 Å². The number of nitrogens with zero attached hydrogens (tertiary/aromatic N) is 1. The molecular formula is C19H22ClN3O. The normalized spacial score (nSPS) is 11.8. The van der Waals surface area contributed by atoms with Crippen molar-refractivity contribution in [1.29, 1.82) is 0 Å². The number of aryl methyl sites for hydroxylation is 1. The van der Waals surface area contributed by atoms with Gasteiger partial charge in [-0.25, -0.2) is 4.98 Å². The number of pyridine rings is 1. The fourth-order valence-corrected chi connectivity index (χ4v) is 2.50. The summed E-state index contributed by atoms with van der Waals surface area (Å²) in [6, 6.07) is 18.3. The summed E-state index contributed by atoms with van der Waals surface area (Å²) in [5, 5.41) is 14.0. The molecule has 0 saturated heterocycles. The van der Waals surface area contributed by atoms with Gasteiger partial charge in [-0.05, 0) is 19.1 Å². The highest BCUT2D eigenvalue weighted by Crippen LogP contribution is 2.28. The summed E-state index contributed by atoms with van der Waals surface area (Å²) in [6.07, 6.45) is -0.565. The lowest BCUT2D eigenvalue weighted by atomic mass is 10.1. The van der Waals surface area contributed by atoms with Gasteiger partial charge in [0.1, 0.15) is 0 Å². The molecule has 0 aliphatic carbocycles. The summed E-state index contributed by atoms with van der Waals surface area (Å²) >= 11 is 0. The Hall–Kier alpha value is -2.14. The highest BCUT2D eigenvalue weighted by atomic mass is 35.5. The third-order valence-corrected chi connectivity index (χ3v) is 3.86. The fraction of sp³-hybridized carbons (Fsp3) is 0.211. The molecule has 1 heterocycles. The summed E-state index contributed by atoms with van der Waals surface area (Å²) < 4.78 is 0. The van der Waals surface area contributed by atoms with E-state index < -0.39 is 6.10 Å². The highest BCUT2D eigenvalue weighted by Gasteiger charge is 2.08. The van der Waals surface area contributed by atoms with Crippen LogP contribution in [0.2, 0.25) is 0 Å². The smallest absolute Gasteiger partial charge is 0.0834 e. The summed E-state index contributed by atoms with van der Waals surface area (Å²) in [7, 11) is 0. The van der Waals surface area contributed by atoms with Crippen LogP contribution in [0.15, 0.2) is 54.6 Å². The van der Waals surface area contributed by atoms with E-state index in [1.807, 2.05) is 30.3 Å². The zero-order chi connectivity index (χ0) is 16.2. The molecular weight excluding hydrogens is 322 g/mol. The first-order valence-electron chi connectivity index (χ1n) is 7.76. The summed E-state index contributed by atoms with van der Waals surface area (Å²) in [5.41, 5.74) is 10.6. The van der Waals surface area contributed by atoms with Crippen LogP contribution >= 0.6 is 12.4 Å². The molecule has 5 heteroatoms. The molecule has 0 spiro atoms. The van der Waals surface area contributed by atoms with Crippen molar-refractivity contribution in [2.24, 2.45) is 5.73 Å². The second-order valence-electron chi connectivity index (χ2n) is 5.71. The van der Waals surface area contributed by atoms with Gasteiger partial charge in [0.05, 0.1) is 17.3 Å². The maximum absolute atomic E-state index is 9.71. The van der Waals surface area contributed by atoms with Gasteiger partial charge in [-0.2, -0.15) is 0 Å². The molecule has 0 bridgehead atoms. The number of anilines is 1. The number of rotatable bonds is 5. The number of hydrogen-bond donors (Lipinski definition) is 3. The van der Waals surface area contributed by atoms with E-state index in [1.165, 1.54) is 5.56 Å². The molecule has 0 aliphatic heterocycles. The van der Waals surface area contributed by atoms with Crippen LogP contribution in [0.5, 0.6) is 0 Å². The van der Waals surface area contributed by atoms with Gasteiger partial charge in [-0.15, -0.1) is 12.4 Å². The van der Waals surface area contributed by atoms with Crippen LogP contribution in [0.1, 0.15) is 5.56 Å².